The van der Waals surface area contributed by atoms with Crippen LogP contribution < -0.4 is 0 Å². The Hall–Kier alpha value is -2.04. The second-order valence-corrected chi connectivity index (χ2v) is 3.89. The quantitative estimate of drug-likeness (QED) is 0.477. The van der Waals surface area contributed by atoms with E-state index < -0.39 is 11.9 Å². The van der Waals surface area contributed by atoms with Gasteiger partial charge in [0.15, 0.2) is 0 Å². The van der Waals surface area contributed by atoms with E-state index >= 15 is 0 Å². The summed E-state index contributed by atoms with van der Waals surface area (Å²) in [6.45, 7) is 2.40. The van der Waals surface area contributed by atoms with Crippen molar-refractivity contribution in [2.75, 3.05) is 6.61 Å². The van der Waals surface area contributed by atoms with Crippen LogP contribution >= 0.6 is 0 Å². The van der Waals surface area contributed by atoms with Gasteiger partial charge >= 0.3 is 11.9 Å². The number of rotatable bonds is 6. The number of esters is 1. The first kappa shape index (κ1) is 14.0. The molecule has 1 aromatic heterocycles. The number of unbranched alkanes of at least 4 members (excludes halogenated alkanes) is 1. The molecule has 0 spiro atoms. The molecule has 1 rings (SSSR count). The summed E-state index contributed by atoms with van der Waals surface area (Å²) in [7, 11) is 1.64. The third-order valence-corrected chi connectivity index (χ3v) is 2.45. The molecule has 0 aliphatic carbocycles. The van der Waals surface area contributed by atoms with Gasteiger partial charge in [-0.2, -0.15) is 0 Å². The maximum absolute atomic E-state index is 11.3. The second-order valence-electron chi connectivity index (χ2n) is 3.89. The minimum Gasteiger partial charge on any atom is -0.477 e. The van der Waals surface area contributed by atoms with Crippen LogP contribution in [0, 0.1) is 0 Å². The highest BCUT2D eigenvalue weighted by Crippen LogP contribution is 2.12. The van der Waals surface area contributed by atoms with E-state index in [1.165, 1.54) is 16.7 Å². The maximum Gasteiger partial charge on any atom is 0.353 e. The zero-order valence-electron chi connectivity index (χ0n) is 10.5. The van der Waals surface area contributed by atoms with Crippen molar-refractivity contribution >= 4 is 18.0 Å². The van der Waals surface area contributed by atoms with E-state index in [0.717, 1.165) is 12.8 Å². The van der Waals surface area contributed by atoms with E-state index in [1.54, 1.807) is 19.3 Å². The van der Waals surface area contributed by atoms with Crippen molar-refractivity contribution in [2.45, 2.75) is 19.8 Å². The lowest BCUT2D eigenvalue weighted by Crippen LogP contribution is -2.06. The second kappa shape index (κ2) is 6.64. The van der Waals surface area contributed by atoms with Gasteiger partial charge in [-0.05, 0) is 18.6 Å². The number of ether oxygens (including phenoxy) is 1. The van der Waals surface area contributed by atoms with Crippen LogP contribution in [-0.2, 0) is 16.6 Å². The molecule has 0 amide bonds. The molecule has 98 valence electrons. The van der Waals surface area contributed by atoms with Gasteiger partial charge in [-0.15, -0.1) is 0 Å². The van der Waals surface area contributed by atoms with Crippen LogP contribution in [0.4, 0.5) is 0 Å². The van der Waals surface area contributed by atoms with Gasteiger partial charge in [-0.25, -0.2) is 9.59 Å². The summed E-state index contributed by atoms with van der Waals surface area (Å²) in [5.41, 5.74) is 0.630. The summed E-state index contributed by atoms with van der Waals surface area (Å²) in [4.78, 5) is 22.3. The molecule has 0 aromatic carbocycles. The summed E-state index contributed by atoms with van der Waals surface area (Å²) in [6.07, 6.45) is 6.12. The molecule has 5 heteroatoms. The molecule has 0 fully saturated rings. The van der Waals surface area contributed by atoms with E-state index in [-0.39, 0.29) is 5.69 Å². The molecule has 5 nitrogen and oxygen atoms in total. The van der Waals surface area contributed by atoms with Crippen LogP contribution in [0.25, 0.3) is 6.08 Å². The number of carbonyl (C=O) groups is 2. The molecule has 0 radical (unpaired) electrons. The minimum absolute atomic E-state index is 0.146. The van der Waals surface area contributed by atoms with E-state index in [4.69, 9.17) is 9.84 Å². The van der Waals surface area contributed by atoms with E-state index in [2.05, 4.69) is 0 Å². The Morgan fingerprint density at radius 1 is 1.50 bits per heavy atom. The van der Waals surface area contributed by atoms with E-state index in [0.29, 0.717) is 12.2 Å². The van der Waals surface area contributed by atoms with Crippen molar-refractivity contribution in [2.24, 2.45) is 7.05 Å². The van der Waals surface area contributed by atoms with Gasteiger partial charge in [0.05, 0.1) is 6.61 Å². The predicted octanol–water partition coefficient (Wildman–Crippen LogP) is 2.08. The minimum atomic E-state index is -1.03. The monoisotopic (exact) mass is 251 g/mol. The number of carbonyl (C=O) groups excluding carboxylic acids is 1. The number of carboxylic acid groups (broad SMARTS) is 1. The lowest BCUT2D eigenvalue weighted by atomic mass is 10.2. The number of aromatic carboxylic acids is 1. The predicted molar refractivity (Wildman–Crippen MR) is 67.3 cm³/mol. The van der Waals surface area contributed by atoms with Gasteiger partial charge < -0.3 is 14.4 Å². The molecule has 1 N–H and O–H groups in total. The van der Waals surface area contributed by atoms with Crippen molar-refractivity contribution in [1.82, 2.24) is 4.57 Å². The highest BCUT2D eigenvalue weighted by molar-refractivity contribution is 5.93. The van der Waals surface area contributed by atoms with Crippen molar-refractivity contribution in [1.29, 1.82) is 0 Å². The molecule has 0 aliphatic rings. The Kier molecular flexibility index (Phi) is 5.17. The summed E-state index contributed by atoms with van der Waals surface area (Å²) in [5, 5.41) is 9.00. The molecule has 0 saturated heterocycles. The highest BCUT2D eigenvalue weighted by atomic mass is 16.5. The molecule has 18 heavy (non-hydrogen) atoms. The fourth-order valence-electron chi connectivity index (χ4n) is 1.48. The Labute approximate surface area is 106 Å². The van der Waals surface area contributed by atoms with Crippen molar-refractivity contribution in [3.05, 3.63) is 29.6 Å². The Bertz CT molecular complexity index is 460. The van der Waals surface area contributed by atoms with Crippen LogP contribution in [0.1, 0.15) is 35.8 Å². The SMILES string of the molecule is CCCCOC(=O)/C=C/c1ccn(C)c1C(=O)O. The highest BCUT2D eigenvalue weighted by Gasteiger charge is 2.12. The number of nitrogens with zero attached hydrogens (tertiary/aromatic N) is 1. The number of carboxylic acids is 1. The number of aromatic nitrogens is 1. The van der Waals surface area contributed by atoms with Gasteiger partial charge in [0.2, 0.25) is 0 Å². The standard InChI is InChI=1S/C13H17NO4/c1-3-4-9-18-11(15)6-5-10-7-8-14(2)12(10)13(16)17/h5-8H,3-4,9H2,1-2H3,(H,16,17)/b6-5+. The molecule has 1 aromatic rings. The maximum atomic E-state index is 11.3. The largest absolute Gasteiger partial charge is 0.477 e. The lowest BCUT2D eigenvalue weighted by molar-refractivity contribution is -0.137. The van der Waals surface area contributed by atoms with Crippen LogP contribution in [0.15, 0.2) is 18.3 Å². The van der Waals surface area contributed by atoms with E-state index in [9.17, 15) is 9.59 Å². The van der Waals surface area contributed by atoms with Crippen molar-refractivity contribution < 1.29 is 19.4 Å². The normalized spacial score (nSPS) is 10.8. The molecule has 1 heterocycles. The summed E-state index contributed by atoms with van der Waals surface area (Å²) in [5.74, 6) is -1.48. The number of hydrogen-bond donors (Lipinski definition) is 1. The van der Waals surface area contributed by atoms with Gasteiger partial charge in [0, 0.05) is 24.9 Å². The van der Waals surface area contributed by atoms with Crippen molar-refractivity contribution in [3.8, 4) is 0 Å². The third-order valence-electron chi connectivity index (χ3n) is 2.45. The topological polar surface area (TPSA) is 68.5 Å². The first-order chi connectivity index (χ1) is 8.56. The molecule has 0 saturated carbocycles. The zero-order valence-corrected chi connectivity index (χ0v) is 10.5. The summed E-state index contributed by atoms with van der Waals surface area (Å²) >= 11 is 0. The fourth-order valence-corrected chi connectivity index (χ4v) is 1.48. The molecule has 0 bridgehead atoms. The average molecular weight is 251 g/mol. The summed E-state index contributed by atoms with van der Waals surface area (Å²) < 4.78 is 6.42. The Balaban J connectivity index is 2.67. The first-order valence-corrected chi connectivity index (χ1v) is 5.79. The molecule has 0 aliphatic heterocycles. The van der Waals surface area contributed by atoms with Crippen molar-refractivity contribution in [3.63, 3.8) is 0 Å². The number of aryl methyl sites for hydroxylation is 1. The average Bonchev–Trinajstić information content (AvgIpc) is 2.68. The Morgan fingerprint density at radius 3 is 2.83 bits per heavy atom. The van der Waals surface area contributed by atoms with Crippen LogP contribution in [-0.4, -0.2) is 28.2 Å². The zero-order chi connectivity index (χ0) is 13.5. The molecule has 0 atom stereocenters. The smallest absolute Gasteiger partial charge is 0.353 e. The van der Waals surface area contributed by atoms with Crippen LogP contribution in [0.2, 0.25) is 0 Å². The van der Waals surface area contributed by atoms with E-state index in [1.807, 2.05) is 6.92 Å². The number of hydrogen-bond acceptors (Lipinski definition) is 3. The lowest BCUT2D eigenvalue weighted by Gasteiger charge is -2.00. The first-order valence-electron chi connectivity index (χ1n) is 5.79. The van der Waals surface area contributed by atoms with Gasteiger partial charge in [-0.3, -0.25) is 0 Å². The van der Waals surface area contributed by atoms with Gasteiger partial charge in [-0.1, -0.05) is 13.3 Å². The van der Waals surface area contributed by atoms with Gasteiger partial charge in [0.25, 0.3) is 0 Å². The van der Waals surface area contributed by atoms with Gasteiger partial charge in [0.1, 0.15) is 5.69 Å². The third kappa shape index (κ3) is 3.76. The fraction of sp³-hybridized carbons (Fsp3) is 0.385. The molecular weight excluding hydrogens is 234 g/mol. The Morgan fingerprint density at radius 2 is 2.22 bits per heavy atom. The molecular formula is C13H17NO4. The molecule has 0 unspecified atom stereocenters. The summed E-state index contributed by atoms with van der Waals surface area (Å²) in [6, 6.07) is 1.64. The van der Waals surface area contributed by atoms with Crippen LogP contribution in [0.3, 0.4) is 0 Å². The van der Waals surface area contributed by atoms with Crippen LogP contribution in [0.5, 0.6) is 0 Å².